The molecule has 96 valence electrons. The molecule has 1 unspecified atom stereocenters. The van der Waals surface area contributed by atoms with Crippen LogP contribution in [-0.4, -0.2) is 25.4 Å². The third kappa shape index (κ3) is 3.33. The minimum atomic E-state index is -2.24. The average Bonchev–Trinajstić information content (AvgIpc) is 2.82. The molecule has 0 aromatic rings. The van der Waals surface area contributed by atoms with Crippen LogP contribution in [0.1, 0.15) is 19.3 Å². The van der Waals surface area contributed by atoms with Crippen LogP contribution in [0, 0.1) is 0 Å². The van der Waals surface area contributed by atoms with Crippen LogP contribution >= 0.6 is 0 Å². The SMILES string of the molecule is O=C(NC1=CC=CC(=S(=O)=O)C1)NC1C=CCC1. The van der Waals surface area contributed by atoms with Gasteiger partial charge in [-0.1, -0.05) is 18.2 Å². The van der Waals surface area contributed by atoms with Crippen LogP contribution in [0.25, 0.3) is 0 Å². The number of hydrogen-bond acceptors (Lipinski definition) is 3. The molecule has 0 aromatic carbocycles. The predicted molar refractivity (Wildman–Crippen MR) is 69.6 cm³/mol. The van der Waals surface area contributed by atoms with Gasteiger partial charge in [-0.3, -0.25) is 0 Å². The minimum Gasteiger partial charge on any atom is -0.332 e. The van der Waals surface area contributed by atoms with Gasteiger partial charge in [-0.15, -0.1) is 0 Å². The van der Waals surface area contributed by atoms with Crippen molar-refractivity contribution in [1.82, 2.24) is 10.6 Å². The molecule has 0 bridgehead atoms. The van der Waals surface area contributed by atoms with Crippen molar-refractivity contribution in [2.45, 2.75) is 25.3 Å². The van der Waals surface area contributed by atoms with Crippen molar-refractivity contribution in [3.05, 3.63) is 36.1 Å². The Morgan fingerprint density at radius 3 is 2.89 bits per heavy atom. The molecule has 2 amide bonds. The van der Waals surface area contributed by atoms with Crippen molar-refractivity contribution in [2.24, 2.45) is 0 Å². The van der Waals surface area contributed by atoms with E-state index in [4.69, 9.17) is 0 Å². The first-order chi connectivity index (χ1) is 8.65. The van der Waals surface area contributed by atoms with Gasteiger partial charge in [0.1, 0.15) is 0 Å². The highest BCUT2D eigenvalue weighted by atomic mass is 32.2. The van der Waals surface area contributed by atoms with Crippen molar-refractivity contribution >= 4 is 21.2 Å². The molecule has 2 aliphatic rings. The first-order valence-electron chi connectivity index (χ1n) is 5.71. The highest BCUT2D eigenvalue weighted by Crippen LogP contribution is 2.09. The zero-order valence-electron chi connectivity index (χ0n) is 9.72. The maximum Gasteiger partial charge on any atom is 0.319 e. The van der Waals surface area contributed by atoms with Gasteiger partial charge in [0, 0.05) is 18.2 Å². The monoisotopic (exact) mass is 266 g/mol. The first-order valence-corrected chi connectivity index (χ1v) is 6.79. The van der Waals surface area contributed by atoms with Crippen LogP contribution in [0.5, 0.6) is 0 Å². The molecule has 0 saturated heterocycles. The van der Waals surface area contributed by atoms with Gasteiger partial charge in [-0.2, -0.15) is 8.42 Å². The van der Waals surface area contributed by atoms with Crippen LogP contribution < -0.4 is 10.6 Å². The number of amides is 2. The van der Waals surface area contributed by atoms with Crippen molar-refractivity contribution in [2.75, 3.05) is 0 Å². The number of rotatable bonds is 2. The van der Waals surface area contributed by atoms with E-state index >= 15 is 0 Å². The number of urea groups is 1. The third-order valence-corrected chi connectivity index (χ3v) is 3.47. The van der Waals surface area contributed by atoms with E-state index < -0.39 is 10.3 Å². The van der Waals surface area contributed by atoms with Crippen LogP contribution in [0.3, 0.4) is 0 Å². The molecule has 2 N–H and O–H groups in total. The molecule has 2 rings (SSSR count). The summed E-state index contributed by atoms with van der Waals surface area (Å²) >= 11 is 0. The van der Waals surface area contributed by atoms with Crippen molar-refractivity contribution in [1.29, 1.82) is 0 Å². The number of carbonyl (C=O) groups excluding carboxylic acids is 1. The maximum absolute atomic E-state index is 11.7. The highest BCUT2D eigenvalue weighted by Gasteiger charge is 2.14. The molecule has 2 aliphatic carbocycles. The molecule has 6 heteroatoms. The highest BCUT2D eigenvalue weighted by molar-refractivity contribution is 7.73. The number of carbonyl (C=O) groups is 1. The van der Waals surface area contributed by atoms with E-state index in [9.17, 15) is 13.2 Å². The molecule has 0 saturated carbocycles. The Balaban J connectivity index is 1.92. The number of hydrogen-bond donors (Lipinski definition) is 2. The minimum absolute atomic E-state index is 0.0711. The van der Waals surface area contributed by atoms with Gasteiger partial charge >= 0.3 is 6.03 Å². The van der Waals surface area contributed by atoms with Gasteiger partial charge in [-0.05, 0) is 25.0 Å². The standard InChI is InChI=1S/C12H14N2O3S/c15-12(13-9-4-1-2-5-9)14-10-6-3-7-11(8-10)18(16)17/h1,3-4,6-7,9H,2,5,8H2,(H2,13,14,15). The summed E-state index contributed by atoms with van der Waals surface area (Å²) in [6, 6.07) is -0.231. The Kier molecular flexibility index (Phi) is 3.99. The summed E-state index contributed by atoms with van der Waals surface area (Å²) in [5, 5.41) is 5.47. The summed E-state index contributed by atoms with van der Waals surface area (Å²) < 4.78 is 21.6. The largest absolute Gasteiger partial charge is 0.332 e. The fraction of sp³-hybridized carbons (Fsp3) is 0.333. The van der Waals surface area contributed by atoms with Crippen molar-refractivity contribution in [3.63, 3.8) is 0 Å². The topological polar surface area (TPSA) is 75.3 Å². The lowest BCUT2D eigenvalue weighted by Gasteiger charge is -2.14. The van der Waals surface area contributed by atoms with Crippen LogP contribution in [-0.2, 0) is 10.3 Å². The molecule has 0 heterocycles. The van der Waals surface area contributed by atoms with E-state index in [0.29, 0.717) is 5.70 Å². The molecular weight excluding hydrogens is 252 g/mol. The maximum atomic E-state index is 11.7. The van der Waals surface area contributed by atoms with Gasteiger partial charge in [-0.25, -0.2) is 4.79 Å². The molecule has 0 aliphatic heterocycles. The third-order valence-electron chi connectivity index (χ3n) is 2.76. The van der Waals surface area contributed by atoms with Crippen molar-refractivity contribution < 1.29 is 13.2 Å². The first kappa shape index (κ1) is 12.6. The van der Waals surface area contributed by atoms with E-state index in [1.54, 1.807) is 12.2 Å². The van der Waals surface area contributed by atoms with Crippen LogP contribution in [0.15, 0.2) is 36.1 Å². The second-order valence-electron chi connectivity index (χ2n) is 4.14. The molecule has 0 aromatic heterocycles. The Hall–Kier alpha value is -1.82. The van der Waals surface area contributed by atoms with E-state index in [0.717, 1.165) is 12.8 Å². The molecule has 5 nitrogen and oxygen atoms in total. The van der Waals surface area contributed by atoms with Gasteiger partial charge in [0.2, 0.25) is 10.3 Å². The molecular formula is C12H14N2O3S. The molecule has 1 atom stereocenters. The van der Waals surface area contributed by atoms with Crippen LogP contribution in [0.4, 0.5) is 4.79 Å². The second-order valence-corrected chi connectivity index (χ2v) is 5.13. The Labute approximate surface area is 107 Å². The lowest BCUT2D eigenvalue weighted by molar-refractivity contribution is 0.241. The number of allylic oxidation sites excluding steroid dienone is 5. The zero-order chi connectivity index (χ0) is 13.0. The van der Waals surface area contributed by atoms with E-state index in [-0.39, 0.29) is 23.4 Å². The molecule has 0 fully saturated rings. The summed E-state index contributed by atoms with van der Waals surface area (Å²) in [6.45, 7) is 0. The smallest absolute Gasteiger partial charge is 0.319 e. The summed E-state index contributed by atoms with van der Waals surface area (Å²) in [4.78, 5) is 11.9. The lowest BCUT2D eigenvalue weighted by atomic mass is 10.1. The lowest BCUT2D eigenvalue weighted by Crippen LogP contribution is -2.40. The number of nitrogens with one attached hydrogen (secondary N) is 2. The fourth-order valence-electron chi connectivity index (χ4n) is 1.88. The zero-order valence-corrected chi connectivity index (χ0v) is 10.5. The molecule has 0 radical (unpaired) electrons. The predicted octanol–water partition coefficient (Wildman–Crippen LogP) is 0.899. The fourth-order valence-corrected chi connectivity index (χ4v) is 2.34. The normalized spacial score (nSPS) is 21.7. The second kappa shape index (κ2) is 5.68. The Morgan fingerprint density at radius 1 is 1.39 bits per heavy atom. The van der Waals surface area contributed by atoms with E-state index in [1.807, 2.05) is 12.2 Å². The van der Waals surface area contributed by atoms with Gasteiger partial charge < -0.3 is 10.6 Å². The van der Waals surface area contributed by atoms with Gasteiger partial charge in [0.15, 0.2) is 0 Å². The summed E-state index contributed by atoms with van der Waals surface area (Å²) in [5.74, 6) is 0. The van der Waals surface area contributed by atoms with E-state index in [1.165, 1.54) is 6.08 Å². The van der Waals surface area contributed by atoms with Gasteiger partial charge in [0.25, 0.3) is 0 Å². The quantitative estimate of drug-likeness (QED) is 0.576. The average molecular weight is 266 g/mol. The Morgan fingerprint density at radius 2 is 2.22 bits per heavy atom. The van der Waals surface area contributed by atoms with Gasteiger partial charge in [0.05, 0.1) is 4.86 Å². The summed E-state index contributed by atoms with van der Waals surface area (Å²) in [5.41, 5.74) is 0.580. The Bertz CT molecular complexity index is 562. The molecule has 18 heavy (non-hydrogen) atoms. The summed E-state index contributed by atoms with van der Waals surface area (Å²) in [6.07, 6.45) is 10.9. The van der Waals surface area contributed by atoms with E-state index in [2.05, 4.69) is 10.6 Å². The van der Waals surface area contributed by atoms with Crippen LogP contribution in [0.2, 0.25) is 0 Å². The molecule has 0 spiro atoms. The van der Waals surface area contributed by atoms with Crippen molar-refractivity contribution in [3.8, 4) is 0 Å². The summed E-state index contributed by atoms with van der Waals surface area (Å²) in [7, 11) is -2.24.